The number of rotatable bonds is 1. The predicted molar refractivity (Wildman–Crippen MR) is 57.1 cm³/mol. The standard InChI is InChI=1S/C9H5BrClFN2/c10-2-5-3-13-7-4-14-8(12)1-6(7)9(5)11/h1,3-4H,2H2. The van der Waals surface area contributed by atoms with Gasteiger partial charge in [0.15, 0.2) is 0 Å². The van der Waals surface area contributed by atoms with Gasteiger partial charge >= 0.3 is 0 Å². The van der Waals surface area contributed by atoms with Crippen LogP contribution in [-0.2, 0) is 5.33 Å². The number of hydrogen-bond acceptors (Lipinski definition) is 2. The highest BCUT2D eigenvalue weighted by molar-refractivity contribution is 9.08. The van der Waals surface area contributed by atoms with Gasteiger partial charge in [-0.1, -0.05) is 27.5 Å². The highest BCUT2D eigenvalue weighted by atomic mass is 79.9. The van der Waals surface area contributed by atoms with Crippen LogP contribution in [-0.4, -0.2) is 9.97 Å². The molecule has 0 unspecified atom stereocenters. The Morgan fingerprint density at radius 2 is 2.14 bits per heavy atom. The Balaban J connectivity index is 2.79. The third-order valence-electron chi connectivity index (χ3n) is 1.87. The second-order valence-corrected chi connectivity index (χ2v) is 3.69. The Hall–Kier alpha value is -0.740. The van der Waals surface area contributed by atoms with Crippen molar-refractivity contribution in [2.45, 2.75) is 5.33 Å². The van der Waals surface area contributed by atoms with Crippen LogP contribution in [0, 0.1) is 5.95 Å². The van der Waals surface area contributed by atoms with Gasteiger partial charge in [-0.3, -0.25) is 4.98 Å². The number of aromatic nitrogens is 2. The normalized spacial score (nSPS) is 10.8. The summed E-state index contributed by atoms with van der Waals surface area (Å²) in [7, 11) is 0. The van der Waals surface area contributed by atoms with E-state index in [9.17, 15) is 4.39 Å². The molecule has 2 aromatic heterocycles. The second-order valence-electron chi connectivity index (χ2n) is 2.76. The van der Waals surface area contributed by atoms with E-state index in [0.29, 0.717) is 21.3 Å². The largest absolute Gasteiger partial charge is 0.254 e. The molecular formula is C9H5BrClFN2. The van der Waals surface area contributed by atoms with Gasteiger partial charge in [0.05, 0.1) is 16.7 Å². The van der Waals surface area contributed by atoms with E-state index in [-0.39, 0.29) is 0 Å². The molecule has 0 saturated carbocycles. The molecular weight excluding hydrogens is 270 g/mol. The van der Waals surface area contributed by atoms with Crippen molar-refractivity contribution in [2.75, 3.05) is 0 Å². The van der Waals surface area contributed by atoms with Crippen LogP contribution < -0.4 is 0 Å². The molecule has 0 N–H and O–H groups in total. The summed E-state index contributed by atoms with van der Waals surface area (Å²) < 4.78 is 12.8. The van der Waals surface area contributed by atoms with Gasteiger partial charge in [-0.25, -0.2) is 4.98 Å². The van der Waals surface area contributed by atoms with Crippen LogP contribution >= 0.6 is 27.5 Å². The van der Waals surface area contributed by atoms with Crippen molar-refractivity contribution < 1.29 is 4.39 Å². The van der Waals surface area contributed by atoms with E-state index in [2.05, 4.69) is 25.9 Å². The average Bonchev–Trinajstić information content (AvgIpc) is 2.20. The summed E-state index contributed by atoms with van der Waals surface area (Å²) in [5.41, 5.74) is 1.44. The summed E-state index contributed by atoms with van der Waals surface area (Å²) >= 11 is 9.33. The van der Waals surface area contributed by atoms with E-state index in [1.807, 2.05) is 0 Å². The first kappa shape index (κ1) is 9.80. The molecule has 2 nitrogen and oxygen atoms in total. The minimum atomic E-state index is -0.548. The Kier molecular flexibility index (Phi) is 2.65. The fourth-order valence-electron chi connectivity index (χ4n) is 1.17. The third-order valence-corrected chi connectivity index (χ3v) is 2.92. The summed E-state index contributed by atoms with van der Waals surface area (Å²) in [4.78, 5) is 7.61. The number of pyridine rings is 2. The summed E-state index contributed by atoms with van der Waals surface area (Å²) in [6, 6.07) is 1.29. The molecule has 2 rings (SSSR count). The van der Waals surface area contributed by atoms with E-state index in [0.717, 1.165) is 5.56 Å². The van der Waals surface area contributed by atoms with Crippen molar-refractivity contribution in [3.63, 3.8) is 0 Å². The van der Waals surface area contributed by atoms with Gasteiger partial charge in [-0.15, -0.1) is 0 Å². The van der Waals surface area contributed by atoms with Crippen LogP contribution in [0.1, 0.15) is 5.56 Å². The topological polar surface area (TPSA) is 25.8 Å². The molecule has 5 heteroatoms. The van der Waals surface area contributed by atoms with Crippen molar-refractivity contribution in [1.82, 2.24) is 9.97 Å². The lowest BCUT2D eigenvalue weighted by Gasteiger charge is -2.03. The van der Waals surface area contributed by atoms with Gasteiger partial charge < -0.3 is 0 Å². The zero-order chi connectivity index (χ0) is 10.1. The molecule has 0 aliphatic heterocycles. The van der Waals surface area contributed by atoms with E-state index in [1.165, 1.54) is 12.3 Å². The van der Waals surface area contributed by atoms with Crippen LogP contribution in [0.3, 0.4) is 0 Å². The van der Waals surface area contributed by atoms with E-state index in [1.54, 1.807) is 6.20 Å². The van der Waals surface area contributed by atoms with Crippen molar-refractivity contribution in [3.8, 4) is 0 Å². The predicted octanol–water partition coefficient (Wildman–Crippen LogP) is 3.32. The summed E-state index contributed by atoms with van der Waals surface area (Å²) in [6.45, 7) is 0. The molecule has 0 aliphatic rings. The second kappa shape index (κ2) is 3.79. The Labute approximate surface area is 93.3 Å². The van der Waals surface area contributed by atoms with E-state index in [4.69, 9.17) is 11.6 Å². The molecule has 0 atom stereocenters. The molecule has 14 heavy (non-hydrogen) atoms. The van der Waals surface area contributed by atoms with Crippen molar-refractivity contribution >= 4 is 38.4 Å². The number of nitrogens with zero attached hydrogens (tertiary/aromatic N) is 2. The van der Waals surface area contributed by atoms with Gasteiger partial charge in [-0.05, 0) is 0 Å². The zero-order valence-electron chi connectivity index (χ0n) is 6.97. The maximum absolute atomic E-state index is 12.8. The smallest absolute Gasteiger partial charge is 0.213 e. The Morgan fingerprint density at radius 1 is 1.36 bits per heavy atom. The minimum absolute atomic E-state index is 0.521. The molecule has 0 radical (unpaired) electrons. The Bertz CT molecular complexity index is 489. The number of hydrogen-bond donors (Lipinski definition) is 0. The van der Waals surface area contributed by atoms with Crippen molar-refractivity contribution in [1.29, 1.82) is 0 Å². The quantitative estimate of drug-likeness (QED) is 0.589. The minimum Gasteiger partial charge on any atom is -0.254 e. The highest BCUT2D eigenvalue weighted by Gasteiger charge is 2.07. The lowest BCUT2D eigenvalue weighted by Crippen LogP contribution is -1.89. The van der Waals surface area contributed by atoms with E-state index < -0.39 is 5.95 Å². The molecule has 0 saturated heterocycles. The van der Waals surface area contributed by atoms with Gasteiger partial charge in [-0.2, -0.15) is 4.39 Å². The summed E-state index contributed by atoms with van der Waals surface area (Å²) in [5, 5.41) is 1.71. The van der Waals surface area contributed by atoms with Crippen LogP contribution in [0.15, 0.2) is 18.5 Å². The molecule has 2 aromatic rings. The molecule has 0 aliphatic carbocycles. The first-order chi connectivity index (χ1) is 6.72. The Morgan fingerprint density at radius 3 is 2.86 bits per heavy atom. The number of alkyl halides is 1. The lowest BCUT2D eigenvalue weighted by atomic mass is 10.2. The molecule has 0 aromatic carbocycles. The van der Waals surface area contributed by atoms with Gasteiger partial charge in [0.25, 0.3) is 0 Å². The van der Waals surface area contributed by atoms with Crippen LogP contribution in [0.2, 0.25) is 5.02 Å². The molecule has 0 fully saturated rings. The molecule has 72 valence electrons. The number of halogens is 3. The van der Waals surface area contributed by atoms with E-state index >= 15 is 0 Å². The lowest BCUT2D eigenvalue weighted by molar-refractivity contribution is 0.586. The average molecular weight is 276 g/mol. The first-order valence-electron chi connectivity index (χ1n) is 3.87. The third kappa shape index (κ3) is 1.60. The van der Waals surface area contributed by atoms with Crippen LogP contribution in [0.25, 0.3) is 10.9 Å². The van der Waals surface area contributed by atoms with Crippen molar-refractivity contribution in [2.24, 2.45) is 0 Å². The molecule has 0 amide bonds. The van der Waals surface area contributed by atoms with Gasteiger partial charge in [0.2, 0.25) is 5.95 Å². The fraction of sp³-hybridized carbons (Fsp3) is 0.111. The fourth-order valence-corrected chi connectivity index (χ4v) is 2.03. The maximum Gasteiger partial charge on any atom is 0.213 e. The maximum atomic E-state index is 12.8. The van der Waals surface area contributed by atoms with Crippen LogP contribution in [0.5, 0.6) is 0 Å². The first-order valence-corrected chi connectivity index (χ1v) is 5.37. The number of fused-ring (bicyclic) bond motifs is 1. The van der Waals surface area contributed by atoms with Gasteiger partial charge in [0, 0.05) is 28.5 Å². The zero-order valence-corrected chi connectivity index (χ0v) is 9.31. The molecule has 0 bridgehead atoms. The SMILES string of the molecule is Fc1cc2c(Cl)c(CBr)cnc2cn1. The van der Waals surface area contributed by atoms with Gasteiger partial charge in [0.1, 0.15) is 0 Å². The molecule has 2 heterocycles. The molecule has 0 spiro atoms. The summed E-state index contributed by atoms with van der Waals surface area (Å²) in [5.74, 6) is -0.548. The monoisotopic (exact) mass is 274 g/mol. The summed E-state index contributed by atoms with van der Waals surface area (Å²) in [6.07, 6.45) is 3.02. The van der Waals surface area contributed by atoms with Crippen molar-refractivity contribution in [3.05, 3.63) is 35.0 Å². The van der Waals surface area contributed by atoms with Crippen LogP contribution in [0.4, 0.5) is 4.39 Å². The highest BCUT2D eigenvalue weighted by Crippen LogP contribution is 2.26.